The van der Waals surface area contributed by atoms with Crippen molar-refractivity contribution in [2.45, 2.75) is 52.4 Å². The van der Waals surface area contributed by atoms with Crippen molar-refractivity contribution in [1.29, 1.82) is 0 Å². The van der Waals surface area contributed by atoms with Crippen LogP contribution in [0.3, 0.4) is 0 Å². The Hall–Kier alpha value is -6.29. The van der Waals surface area contributed by atoms with Gasteiger partial charge in [0.2, 0.25) is 0 Å². The molecule has 298 valence electrons. The SMILES string of the molecule is CC(C)(C)c1cc(-c2cc3oc4ccc5ccccc5c4c3cn2)[c-]c(-c2cccc3c2nc(-c2ccccc2O)n3-c2ccc(C(C)(C)C)cc2-c2ccccc2)c1.[Pt]. The fourth-order valence-corrected chi connectivity index (χ4v) is 8.33. The quantitative estimate of drug-likeness (QED) is 0.175. The molecule has 0 saturated carbocycles. The Morgan fingerprint density at radius 1 is 0.600 bits per heavy atom. The number of fused-ring (bicyclic) bond motifs is 6. The zero-order chi connectivity index (χ0) is 40.6. The van der Waals surface area contributed by atoms with Crippen LogP contribution in [-0.4, -0.2) is 19.6 Å². The third kappa shape index (κ3) is 6.72. The van der Waals surface area contributed by atoms with E-state index in [-0.39, 0.29) is 37.6 Å². The number of rotatable bonds is 5. The van der Waals surface area contributed by atoms with Crippen LogP contribution >= 0.6 is 0 Å². The third-order valence-corrected chi connectivity index (χ3v) is 11.6. The zero-order valence-electron chi connectivity index (χ0n) is 34.4. The number of pyridine rings is 1. The smallest absolute Gasteiger partial charge is 0.148 e. The predicted octanol–water partition coefficient (Wildman–Crippen LogP) is 14.2. The first kappa shape index (κ1) is 39.2. The van der Waals surface area contributed by atoms with E-state index in [4.69, 9.17) is 14.4 Å². The van der Waals surface area contributed by atoms with Crippen LogP contribution in [0.2, 0.25) is 0 Å². The standard InChI is InChI=1S/C54H44N3O2.Pt/c1-53(2,3)37-24-25-45(42(30-37)33-15-8-7-9-16-33)57-46-21-14-20-40(51(46)56-52(57)41-19-12-13-22-47(41)58)35-27-36(29-38(28-35)54(4,5)6)44-31-49-43(32-55-44)50-39-18-11-10-17-34(39)23-26-48(50)59-49;/h7-26,28-32,58H,1-6H3;/q-1;. The molecule has 5 nitrogen and oxygen atoms in total. The van der Waals surface area contributed by atoms with E-state index in [2.05, 4.69) is 155 Å². The van der Waals surface area contributed by atoms with Gasteiger partial charge in [-0.15, -0.1) is 29.3 Å². The number of aromatic nitrogens is 3. The second-order valence-corrected chi connectivity index (χ2v) is 17.6. The molecule has 0 aliphatic heterocycles. The molecule has 60 heavy (non-hydrogen) atoms. The van der Waals surface area contributed by atoms with E-state index in [9.17, 15) is 5.11 Å². The summed E-state index contributed by atoms with van der Waals surface area (Å²) in [5.41, 5.74) is 12.9. The van der Waals surface area contributed by atoms with E-state index in [1.165, 1.54) is 10.9 Å². The molecule has 10 aromatic rings. The number of imidazole rings is 1. The van der Waals surface area contributed by atoms with Crippen molar-refractivity contribution in [3.05, 3.63) is 169 Å². The molecule has 0 amide bonds. The Balaban J connectivity index is 0.00000462. The Morgan fingerprint density at radius 2 is 1.32 bits per heavy atom. The van der Waals surface area contributed by atoms with E-state index in [1.54, 1.807) is 6.07 Å². The molecule has 0 unspecified atom stereocenters. The number of hydrogen-bond acceptors (Lipinski definition) is 4. The zero-order valence-corrected chi connectivity index (χ0v) is 36.7. The minimum Gasteiger partial charge on any atom is -0.507 e. The average molecular weight is 962 g/mol. The van der Waals surface area contributed by atoms with Crippen LogP contribution < -0.4 is 0 Å². The van der Waals surface area contributed by atoms with E-state index in [1.807, 2.05) is 42.6 Å². The minimum atomic E-state index is -0.172. The summed E-state index contributed by atoms with van der Waals surface area (Å²) >= 11 is 0. The van der Waals surface area contributed by atoms with E-state index >= 15 is 0 Å². The molecule has 6 heteroatoms. The van der Waals surface area contributed by atoms with Gasteiger partial charge in [-0.3, -0.25) is 9.55 Å². The van der Waals surface area contributed by atoms with Gasteiger partial charge in [-0.2, -0.15) is 0 Å². The van der Waals surface area contributed by atoms with Gasteiger partial charge in [-0.25, -0.2) is 4.98 Å². The second-order valence-electron chi connectivity index (χ2n) is 17.6. The van der Waals surface area contributed by atoms with Crippen LogP contribution in [-0.2, 0) is 31.9 Å². The number of furan rings is 1. The van der Waals surface area contributed by atoms with Crippen LogP contribution in [0, 0.1) is 6.07 Å². The van der Waals surface area contributed by atoms with E-state index < -0.39 is 0 Å². The fraction of sp³-hybridized carbons (Fsp3) is 0.148. The molecule has 0 aliphatic rings. The van der Waals surface area contributed by atoms with Crippen LogP contribution in [0.4, 0.5) is 0 Å². The summed E-state index contributed by atoms with van der Waals surface area (Å²) in [4.78, 5) is 10.5. The number of phenolic OH excluding ortho intramolecular Hbond substituents is 1. The first-order chi connectivity index (χ1) is 28.4. The number of phenols is 1. The van der Waals surface area contributed by atoms with Gasteiger partial charge in [0.1, 0.15) is 22.7 Å². The third-order valence-electron chi connectivity index (χ3n) is 11.6. The van der Waals surface area contributed by atoms with Gasteiger partial charge in [-0.05, 0) is 75.2 Å². The van der Waals surface area contributed by atoms with Gasteiger partial charge in [0.15, 0.2) is 0 Å². The number of nitrogens with zero attached hydrogens (tertiary/aromatic N) is 3. The average Bonchev–Trinajstić information content (AvgIpc) is 3.82. The summed E-state index contributed by atoms with van der Waals surface area (Å²) in [6, 6.07) is 53.8. The summed E-state index contributed by atoms with van der Waals surface area (Å²) in [5.74, 6) is 0.824. The number of para-hydroxylation sites is 2. The minimum absolute atomic E-state index is 0. The van der Waals surface area contributed by atoms with Crippen molar-refractivity contribution >= 4 is 43.7 Å². The molecular weight excluding hydrogens is 918 g/mol. The number of benzene rings is 7. The van der Waals surface area contributed by atoms with Gasteiger partial charge >= 0.3 is 0 Å². The van der Waals surface area contributed by atoms with E-state index in [0.29, 0.717) is 11.4 Å². The fourth-order valence-electron chi connectivity index (χ4n) is 8.33. The number of aromatic hydroxyl groups is 1. The summed E-state index contributed by atoms with van der Waals surface area (Å²) in [5, 5.41) is 15.8. The van der Waals surface area contributed by atoms with Crippen molar-refractivity contribution in [3.63, 3.8) is 0 Å². The summed E-state index contributed by atoms with van der Waals surface area (Å²) in [6.07, 6.45) is 1.94. The maximum Gasteiger partial charge on any atom is 0.148 e. The largest absolute Gasteiger partial charge is 0.507 e. The first-order valence-corrected chi connectivity index (χ1v) is 20.2. The maximum absolute atomic E-state index is 11.4. The van der Waals surface area contributed by atoms with Crippen LogP contribution in [0.15, 0.2) is 156 Å². The Kier molecular flexibility index (Phi) is 9.64. The molecule has 3 heterocycles. The molecule has 0 atom stereocenters. The Morgan fingerprint density at radius 3 is 2.10 bits per heavy atom. The first-order valence-electron chi connectivity index (χ1n) is 20.2. The summed E-state index contributed by atoms with van der Waals surface area (Å²) in [6.45, 7) is 13.4. The predicted molar refractivity (Wildman–Crippen MR) is 243 cm³/mol. The van der Waals surface area contributed by atoms with Crippen LogP contribution in [0.25, 0.3) is 94.3 Å². The molecule has 0 fully saturated rings. The molecule has 0 spiro atoms. The van der Waals surface area contributed by atoms with Crippen molar-refractivity contribution in [2.24, 2.45) is 0 Å². The topological polar surface area (TPSA) is 64.1 Å². The molecule has 0 bridgehead atoms. The van der Waals surface area contributed by atoms with Crippen molar-refractivity contribution in [3.8, 4) is 56.3 Å². The van der Waals surface area contributed by atoms with Crippen molar-refractivity contribution in [2.75, 3.05) is 0 Å². The van der Waals surface area contributed by atoms with Gasteiger partial charge in [0.25, 0.3) is 0 Å². The number of hydrogen-bond donors (Lipinski definition) is 1. The molecule has 7 aromatic carbocycles. The molecule has 0 radical (unpaired) electrons. The van der Waals surface area contributed by atoms with E-state index in [0.717, 1.165) is 83.1 Å². The van der Waals surface area contributed by atoms with Crippen molar-refractivity contribution in [1.82, 2.24) is 14.5 Å². The van der Waals surface area contributed by atoms with Crippen LogP contribution in [0.5, 0.6) is 5.75 Å². The Labute approximate surface area is 364 Å². The molecule has 0 aliphatic carbocycles. The molecular formula is C54H44N3O2Pt-. The molecule has 1 N–H and O–H groups in total. The normalized spacial score (nSPS) is 12.1. The molecule has 10 rings (SSSR count). The molecule has 3 aromatic heterocycles. The monoisotopic (exact) mass is 961 g/mol. The van der Waals surface area contributed by atoms with Gasteiger partial charge in [0.05, 0.1) is 22.3 Å². The second kappa shape index (κ2) is 14.8. The van der Waals surface area contributed by atoms with Gasteiger partial charge in [-0.1, -0.05) is 144 Å². The summed E-state index contributed by atoms with van der Waals surface area (Å²) in [7, 11) is 0. The summed E-state index contributed by atoms with van der Waals surface area (Å²) < 4.78 is 8.69. The van der Waals surface area contributed by atoms with Crippen molar-refractivity contribution < 1.29 is 30.6 Å². The maximum atomic E-state index is 11.4. The molecule has 0 saturated heterocycles. The van der Waals surface area contributed by atoms with Crippen LogP contribution in [0.1, 0.15) is 52.7 Å². The van der Waals surface area contributed by atoms with Gasteiger partial charge < -0.3 is 9.52 Å². The van der Waals surface area contributed by atoms with Gasteiger partial charge in [0, 0.05) is 49.3 Å². The Bertz CT molecular complexity index is 3250.